The van der Waals surface area contributed by atoms with Crippen LogP contribution in [-0.4, -0.2) is 0 Å². The zero-order valence-corrected chi connectivity index (χ0v) is 14.1. The Labute approximate surface area is 139 Å². The van der Waals surface area contributed by atoms with Gasteiger partial charge in [0.2, 0.25) is 0 Å². The minimum atomic E-state index is 0.611. The van der Waals surface area contributed by atoms with Crippen LogP contribution in [0.25, 0.3) is 10.8 Å². The summed E-state index contributed by atoms with van der Waals surface area (Å²) in [5, 5.41) is 14.8. The maximum Gasteiger partial charge on any atom is 0.101 e. The first-order valence-electron chi connectivity index (χ1n) is 6.32. The highest BCUT2D eigenvalue weighted by Gasteiger charge is 2.04. The summed E-state index contributed by atoms with van der Waals surface area (Å²) in [6.07, 6.45) is 0. The largest absolute Gasteiger partial charge is 0.354 e. The van der Waals surface area contributed by atoms with Crippen molar-refractivity contribution >= 4 is 54.0 Å². The van der Waals surface area contributed by atoms with Crippen LogP contribution in [0.3, 0.4) is 0 Å². The number of benzene rings is 3. The Morgan fingerprint density at radius 3 is 2.29 bits per heavy atom. The highest BCUT2D eigenvalue weighted by atomic mass is 79.9. The van der Waals surface area contributed by atoms with Crippen LogP contribution in [0.4, 0.5) is 11.4 Å². The predicted octanol–water partition coefficient (Wildman–Crippen LogP) is 5.98. The minimum absolute atomic E-state index is 0.611. The van der Waals surface area contributed by atoms with Crippen molar-refractivity contribution in [3.8, 4) is 6.07 Å². The molecule has 0 radical (unpaired) electrons. The number of halogens is 2. The van der Waals surface area contributed by atoms with Crippen molar-refractivity contribution in [2.24, 2.45) is 0 Å². The number of anilines is 2. The molecule has 0 aliphatic rings. The predicted molar refractivity (Wildman–Crippen MR) is 93.8 cm³/mol. The quantitative estimate of drug-likeness (QED) is 0.573. The first kappa shape index (κ1) is 14.1. The molecule has 3 rings (SSSR count). The van der Waals surface area contributed by atoms with Gasteiger partial charge in [-0.05, 0) is 53.2 Å². The molecule has 0 atom stereocenters. The lowest BCUT2D eigenvalue weighted by Gasteiger charge is -2.10. The lowest BCUT2D eigenvalue weighted by molar-refractivity contribution is 1.45. The van der Waals surface area contributed by atoms with Gasteiger partial charge in [0.05, 0.1) is 11.3 Å². The molecule has 0 saturated carbocycles. The average molecular weight is 402 g/mol. The second-order valence-electron chi connectivity index (χ2n) is 4.63. The van der Waals surface area contributed by atoms with Crippen LogP contribution in [0.1, 0.15) is 5.56 Å². The first-order chi connectivity index (χ1) is 10.2. The number of hydrogen-bond donors (Lipinski definition) is 1. The maximum absolute atomic E-state index is 9.21. The van der Waals surface area contributed by atoms with Crippen LogP contribution in [-0.2, 0) is 0 Å². The summed E-state index contributed by atoms with van der Waals surface area (Å²) in [6, 6.07) is 20.1. The smallest absolute Gasteiger partial charge is 0.101 e. The van der Waals surface area contributed by atoms with Gasteiger partial charge in [-0.3, -0.25) is 0 Å². The monoisotopic (exact) mass is 400 g/mol. The number of nitrogens with one attached hydrogen (secondary N) is 1. The second kappa shape index (κ2) is 5.88. The van der Waals surface area contributed by atoms with Gasteiger partial charge in [0.25, 0.3) is 0 Å². The highest BCUT2D eigenvalue weighted by Crippen LogP contribution is 2.27. The molecule has 0 aliphatic carbocycles. The van der Waals surface area contributed by atoms with Crippen molar-refractivity contribution in [3.05, 3.63) is 69.1 Å². The summed E-state index contributed by atoms with van der Waals surface area (Å²) >= 11 is 6.85. The van der Waals surface area contributed by atoms with Gasteiger partial charge in [0, 0.05) is 14.6 Å². The molecule has 0 spiro atoms. The van der Waals surface area contributed by atoms with Crippen LogP contribution < -0.4 is 5.32 Å². The summed E-state index contributed by atoms with van der Waals surface area (Å²) in [4.78, 5) is 0. The maximum atomic E-state index is 9.21. The van der Waals surface area contributed by atoms with E-state index in [1.807, 2.05) is 24.3 Å². The SMILES string of the molecule is N#Cc1cc(Br)ccc1Nc1ccc2cc(Br)ccc2c1. The second-order valence-corrected chi connectivity index (χ2v) is 6.46. The third-order valence-corrected chi connectivity index (χ3v) is 4.17. The normalized spacial score (nSPS) is 10.3. The molecule has 21 heavy (non-hydrogen) atoms. The van der Waals surface area contributed by atoms with Gasteiger partial charge in [-0.25, -0.2) is 0 Å². The van der Waals surface area contributed by atoms with E-state index in [9.17, 15) is 5.26 Å². The van der Waals surface area contributed by atoms with Gasteiger partial charge in [-0.2, -0.15) is 5.26 Å². The van der Waals surface area contributed by atoms with Crippen molar-refractivity contribution in [2.45, 2.75) is 0 Å². The molecule has 2 nitrogen and oxygen atoms in total. The number of hydrogen-bond acceptors (Lipinski definition) is 2. The molecule has 3 aromatic rings. The number of fused-ring (bicyclic) bond motifs is 1. The van der Waals surface area contributed by atoms with Crippen molar-refractivity contribution in [1.29, 1.82) is 5.26 Å². The average Bonchev–Trinajstić information content (AvgIpc) is 2.49. The third-order valence-electron chi connectivity index (χ3n) is 3.18. The fraction of sp³-hybridized carbons (Fsp3) is 0. The van der Waals surface area contributed by atoms with Crippen LogP contribution >= 0.6 is 31.9 Å². The van der Waals surface area contributed by atoms with E-state index in [0.29, 0.717) is 5.56 Å². The van der Waals surface area contributed by atoms with E-state index in [-0.39, 0.29) is 0 Å². The Morgan fingerprint density at radius 1 is 0.810 bits per heavy atom. The van der Waals surface area contributed by atoms with Gasteiger partial charge >= 0.3 is 0 Å². The van der Waals surface area contributed by atoms with Crippen LogP contribution in [0.5, 0.6) is 0 Å². The molecule has 1 N–H and O–H groups in total. The van der Waals surface area contributed by atoms with Crippen molar-refractivity contribution in [1.82, 2.24) is 0 Å². The van der Waals surface area contributed by atoms with Crippen LogP contribution in [0.2, 0.25) is 0 Å². The lowest BCUT2D eigenvalue weighted by atomic mass is 10.1. The molecule has 0 amide bonds. The standard InChI is InChI=1S/C17H10Br2N2/c18-14-3-1-12-9-16(5-2-11(12)7-14)21-17-6-4-15(19)8-13(17)10-20/h1-9,21H. The van der Waals surface area contributed by atoms with E-state index >= 15 is 0 Å². The van der Waals surface area contributed by atoms with Gasteiger partial charge in [0.1, 0.15) is 6.07 Å². The van der Waals surface area contributed by atoms with E-state index < -0.39 is 0 Å². The Kier molecular flexibility index (Phi) is 3.96. The molecule has 0 saturated heterocycles. The molecule has 102 valence electrons. The molecule has 0 fully saturated rings. The van der Waals surface area contributed by atoms with E-state index in [1.165, 1.54) is 5.39 Å². The van der Waals surface area contributed by atoms with Crippen LogP contribution in [0, 0.1) is 11.3 Å². The topological polar surface area (TPSA) is 35.8 Å². The molecule has 0 heterocycles. The minimum Gasteiger partial charge on any atom is -0.354 e. The molecule has 0 bridgehead atoms. The van der Waals surface area contributed by atoms with Gasteiger partial charge < -0.3 is 5.32 Å². The molecule has 4 heteroatoms. The fourth-order valence-electron chi connectivity index (χ4n) is 2.17. The third kappa shape index (κ3) is 3.10. The molecule has 0 aliphatic heterocycles. The summed E-state index contributed by atoms with van der Waals surface area (Å²) < 4.78 is 1.96. The number of rotatable bonds is 2. The summed E-state index contributed by atoms with van der Waals surface area (Å²) in [5.41, 5.74) is 2.38. The van der Waals surface area contributed by atoms with Crippen LogP contribution in [0.15, 0.2) is 63.5 Å². The summed E-state index contributed by atoms with van der Waals surface area (Å²) in [7, 11) is 0. The zero-order valence-electron chi connectivity index (χ0n) is 10.9. The molecule has 0 unspecified atom stereocenters. The number of nitrogens with zero attached hydrogens (tertiary/aromatic N) is 1. The lowest BCUT2D eigenvalue weighted by Crippen LogP contribution is -1.93. The van der Waals surface area contributed by atoms with E-state index in [2.05, 4.69) is 67.5 Å². The molecular formula is C17H10Br2N2. The Hall–Kier alpha value is -1.83. The highest BCUT2D eigenvalue weighted by molar-refractivity contribution is 9.10. The Bertz CT molecular complexity index is 866. The molecule has 3 aromatic carbocycles. The van der Waals surface area contributed by atoms with Crippen molar-refractivity contribution < 1.29 is 0 Å². The summed E-state index contributed by atoms with van der Waals surface area (Å²) in [5.74, 6) is 0. The van der Waals surface area contributed by atoms with E-state index in [0.717, 1.165) is 25.7 Å². The summed E-state index contributed by atoms with van der Waals surface area (Å²) in [6.45, 7) is 0. The first-order valence-corrected chi connectivity index (χ1v) is 7.90. The fourth-order valence-corrected chi connectivity index (χ4v) is 2.91. The van der Waals surface area contributed by atoms with E-state index in [4.69, 9.17) is 0 Å². The number of nitriles is 1. The Morgan fingerprint density at radius 2 is 1.48 bits per heavy atom. The van der Waals surface area contributed by atoms with Crippen molar-refractivity contribution in [2.75, 3.05) is 5.32 Å². The van der Waals surface area contributed by atoms with Gasteiger partial charge in [-0.15, -0.1) is 0 Å². The van der Waals surface area contributed by atoms with Crippen molar-refractivity contribution in [3.63, 3.8) is 0 Å². The molecular weight excluding hydrogens is 392 g/mol. The Balaban J connectivity index is 1.99. The zero-order chi connectivity index (χ0) is 14.8. The molecule has 0 aromatic heterocycles. The van der Waals surface area contributed by atoms with E-state index in [1.54, 1.807) is 6.07 Å². The van der Waals surface area contributed by atoms with Gasteiger partial charge in [-0.1, -0.05) is 44.0 Å². The van der Waals surface area contributed by atoms with Gasteiger partial charge in [0.15, 0.2) is 0 Å².